The molecule has 168 valence electrons. The number of anilines is 3. The Morgan fingerprint density at radius 1 is 1.28 bits per heavy atom. The van der Waals surface area contributed by atoms with Crippen molar-refractivity contribution in [3.63, 3.8) is 0 Å². The molecule has 1 aliphatic carbocycles. The quantitative estimate of drug-likeness (QED) is 0.503. The summed E-state index contributed by atoms with van der Waals surface area (Å²) in [6.45, 7) is -5.00. The first-order valence-corrected chi connectivity index (χ1v) is 9.56. The van der Waals surface area contributed by atoms with Crippen LogP contribution < -0.4 is 15.4 Å². The fourth-order valence-corrected chi connectivity index (χ4v) is 3.08. The number of benzene rings is 1. The molecular weight excluding hydrogens is 408 g/mol. The van der Waals surface area contributed by atoms with Crippen LogP contribution >= 0.6 is 0 Å². The van der Waals surface area contributed by atoms with Gasteiger partial charge in [0.25, 0.3) is 0 Å². The highest BCUT2D eigenvalue weighted by Gasteiger charge is 2.30. The third-order valence-corrected chi connectivity index (χ3v) is 4.79. The highest BCUT2D eigenvalue weighted by Crippen LogP contribution is 2.37. The third kappa shape index (κ3) is 4.77. The second-order valence-electron chi connectivity index (χ2n) is 7.00. The number of para-hydroxylation sites is 1. The molecule has 0 unspecified atom stereocenters. The molecule has 0 radical (unpaired) electrons. The number of nitrogens with one attached hydrogen (secondary N) is 2. The number of hydrogen-bond donors (Lipinski definition) is 2. The van der Waals surface area contributed by atoms with Gasteiger partial charge in [-0.25, -0.2) is 9.97 Å². The van der Waals surface area contributed by atoms with E-state index in [1.54, 1.807) is 18.2 Å². The molecule has 1 saturated carbocycles. The third-order valence-electron chi connectivity index (χ3n) is 4.79. The molecular formula is C23H28N6O3. The molecule has 1 aliphatic rings. The molecule has 0 saturated heterocycles. The minimum absolute atomic E-state index is 0. The maximum atomic E-state index is 12.8. The van der Waals surface area contributed by atoms with Crippen molar-refractivity contribution in [3.05, 3.63) is 42.4 Å². The zero-order valence-corrected chi connectivity index (χ0v) is 16.7. The molecule has 0 bridgehead atoms. The van der Waals surface area contributed by atoms with Crippen LogP contribution in [-0.2, 0) is 11.8 Å². The molecule has 0 atom stereocenters. The molecule has 2 aromatic heterocycles. The van der Waals surface area contributed by atoms with Crippen LogP contribution in [0.25, 0.3) is 11.4 Å². The lowest BCUT2D eigenvalue weighted by Gasteiger charge is -2.16. The predicted octanol–water partition coefficient (Wildman–Crippen LogP) is 4.21. The number of amides is 1. The van der Waals surface area contributed by atoms with E-state index in [9.17, 15) is 9.59 Å². The predicted molar refractivity (Wildman–Crippen MR) is 123 cm³/mol. The van der Waals surface area contributed by atoms with Crippen molar-refractivity contribution >= 4 is 28.9 Å². The van der Waals surface area contributed by atoms with E-state index < -0.39 is 26.0 Å². The fraction of sp³-hybridized carbons (Fsp3) is 0.348. The minimum Gasteiger partial charge on any atom is -0.494 e. The molecule has 3 aromatic rings. The van der Waals surface area contributed by atoms with E-state index in [2.05, 4.69) is 25.7 Å². The summed E-state index contributed by atoms with van der Waals surface area (Å²) in [4.78, 5) is 33.3. The van der Waals surface area contributed by atoms with Gasteiger partial charge in [-0.05, 0) is 25.0 Å². The molecule has 32 heavy (non-hydrogen) atoms. The second-order valence-corrected chi connectivity index (χ2v) is 7.00. The lowest BCUT2D eigenvalue weighted by molar-refractivity contribution is -0.117. The van der Waals surface area contributed by atoms with E-state index in [1.807, 2.05) is 0 Å². The number of pyridine rings is 1. The van der Waals surface area contributed by atoms with Crippen LogP contribution in [0.4, 0.5) is 17.2 Å². The van der Waals surface area contributed by atoms with Crippen molar-refractivity contribution in [1.29, 1.82) is 0 Å². The number of aromatic nitrogens is 4. The fourth-order valence-electron chi connectivity index (χ4n) is 3.08. The number of Topliss-reactive ketones (excluding diaryl/α,β-unsaturated/α-hetero) is 1. The van der Waals surface area contributed by atoms with E-state index >= 15 is 0 Å². The number of rotatable bonds is 8. The normalized spacial score (nSPS) is 16.2. The Bertz CT molecular complexity index is 1330. The number of ketones is 1. The second kappa shape index (κ2) is 9.59. The van der Waals surface area contributed by atoms with Crippen molar-refractivity contribution in [2.24, 2.45) is 12.9 Å². The van der Waals surface area contributed by atoms with Crippen molar-refractivity contribution in [2.45, 2.75) is 33.5 Å². The number of methoxy groups -OCH3 is 1. The van der Waals surface area contributed by atoms with E-state index in [0.29, 0.717) is 11.3 Å². The van der Waals surface area contributed by atoms with E-state index in [1.165, 1.54) is 19.4 Å². The van der Waals surface area contributed by atoms with E-state index in [4.69, 9.17) is 13.0 Å². The zero-order chi connectivity index (χ0) is 27.0. The molecule has 2 N–H and O–H groups in total. The Hall–Kier alpha value is -3.75. The summed E-state index contributed by atoms with van der Waals surface area (Å²) in [7, 11) is 1.40. The summed E-state index contributed by atoms with van der Waals surface area (Å²) in [6, 6.07) is 6.37. The number of aryl methyl sites for hydroxylation is 1. The molecule has 9 heteroatoms. The van der Waals surface area contributed by atoms with Crippen LogP contribution in [0.15, 0.2) is 36.8 Å². The average molecular weight is 443 g/mol. The van der Waals surface area contributed by atoms with Gasteiger partial charge in [0, 0.05) is 39.8 Å². The number of nitrogens with zero attached hydrogens (tertiary/aromatic N) is 4. The van der Waals surface area contributed by atoms with Gasteiger partial charge in [0.1, 0.15) is 12.1 Å². The van der Waals surface area contributed by atoms with Crippen molar-refractivity contribution in [3.8, 4) is 17.1 Å². The maximum Gasteiger partial charge on any atom is 0.228 e. The minimum atomic E-state index is -2.51. The van der Waals surface area contributed by atoms with Crippen molar-refractivity contribution in [1.82, 2.24) is 19.7 Å². The highest BCUT2D eigenvalue weighted by atomic mass is 16.5. The van der Waals surface area contributed by atoms with Gasteiger partial charge in [-0.1, -0.05) is 20.3 Å². The van der Waals surface area contributed by atoms with Gasteiger partial charge in [-0.2, -0.15) is 5.10 Å². The average Bonchev–Trinajstić information content (AvgIpc) is 3.53. The molecule has 9 nitrogen and oxygen atoms in total. The standard InChI is InChI=1S/C22H24N6O3.CH4/c1-4-18(29)15-11-23-19(26-22(30)13-8-9-13)10-17(15)25-16-7-5-6-14(20(16)31-3)21-24-12-28(2)27-21;/h5-7,10-13H,4,8-9H2,1-3H3,(H2,23,25,26,30);1H4/i1D3,2D3;. The Morgan fingerprint density at radius 3 is 2.81 bits per heavy atom. The van der Waals surface area contributed by atoms with Crippen molar-refractivity contribution < 1.29 is 22.6 Å². The van der Waals surface area contributed by atoms with Crippen LogP contribution in [0.3, 0.4) is 0 Å². The van der Waals surface area contributed by atoms with Crippen LogP contribution in [-0.4, -0.2) is 38.5 Å². The zero-order valence-electron chi connectivity index (χ0n) is 22.7. The summed E-state index contributed by atoms with van der Waals surface area (Å²) in [5.41, 5.74) is 0.950. The molecule has 4 rings (SSSR count). The maximum absolute atomic E-state index is 12.8. The van der Waals surface area contributed by atoms with E-state index in [0.717, 1.165) is 23.9 Å². The summed E-state index contributed by atoms with van der Waals surface area (Å²) < 4.78 is 51.2. The SMILES string of the molecule is C.[2H]C([2H])([2H])CC(=O)c1cnc(NC(=O)C2CC2)cc1Nc1cccc(-c2ncn(C([2H])([2H])[2H])n2)c1OC. The van der Waals surface area contributed by atoms with Crippen LogP contribution in [0.5, 0.6) is 5.75 Å². The van der Waals surface area contributed by atoms with Crippen LogP contribution in [0, 0.1) is 5.92 Å². The van der Waals surface area contributed by atoms with Gasteiger partial charge in [0.05, 0.1) is 29.6 Å². The summed E-state index contributed by atoms with van der Waals surface area (Å²) in [5.74, 6) is -0.381. The lowest BCUT2D eigenvalue weighted by Crippen LogP contribution is -2.15. The number of ether oxygens (including phenoxy) is 1. The Balaban J connectivity index is 0.00000400. The Morgan fingerprint density at radius 2 is 2.12 bits per heavy atom. The molecule has 1 amide bonds. The van der Waals surface area contributed by atoms with Gasteiger partial charge < -0.3 is 15.4 Å². The number of carbonyl (C=O) groups excluding carboxylic acids is 2. The first kappa shape index (κ1) is 16.0. The molecule has 1 aromatic carbocycles. The Kier molecular flexibility index (Phi) is 4.78. The van der Waals surface area contributed by atoms with Crippen LogP contribution in [0.2, 0.25) is 0 Å². The highest BCUT2D eigenvalue weighted by molar-refractivity contribution is 6.03. The first-order valence-electron chi connectivity index (χ1n) is 12.6. The first-order chi connectivity index (χ1) is 17.4. The largest absolute Gasteiger partial charge is 0.494 e. The van der Waals surface area contributed by atoms with Crippen LogP contribution in [0.1, 0.15) is 52.1 Å². The van der Waals surface area contributed by atoms with Gasteiger partial charge in [-0.3, -0.25) is 14.3 Å². The molecule has 1 fully saturated rings. The summed E-state index contributed by atoms with van der Waals surface area (Å²) >= 11 is 0. The van der Waals surface area contributed by atoms with Gasteiger partial charge in [0.2, 0.25) is 5.91 Å². The number of hydrogen-bond acceptors (Lipinski definition) is 7. The smallest absolute Gasteiger partial charge is 0.228 e. The monoisotopic (exact) mass is 442 g/mol. The topological polar surface area (TPSA) is 111 Å². The summed E-state index contributed by atoms with van der Waals surface area (Å²) in [6.07, 6.45) is 3.19. The molecule has 0 spiro atoms. The Labute approximate surface area is 195 Å². The lowest BCUT2D eigenvalue weighted by atomic mass is 10.1. The van der Waals surface area contributed by atoms with E-state index in [-0.39, 0.29) is 47.9 Å². The van der Waals surface area contributed by atoms with Crippen molar-refractivity contribution in [2.75, 3.05) is 17.7 Å². The summed E-state index contributed by atoms with van der Waals surface area (Å²) in [5, 5.41) is 9.80. The van der Waals surface area contributed by atoms with Gasteiger partial charge in [0.15, 0.2) is 17.4 Å². The number of carbonyl (C=O) groups is 2. The van der Waals surface area contributed by atoms with Gasteiger partial charge >= 0.3 is 0 Å². The van der Waals surface area contributed by atoms with Gasteiger partial charge in [-0.15, -0.1) is 0 Å². The molecule has 2 heterocycles. The molecule has 0 aliphatic heterocycles.